The second kappa shape index (κ2) is 7.20. The van der Waals surface area contributed by atoms with Gasteiger partial charge in [-0.1, -0.05) is 31.5 Å². The van der Waals surface area contributed by atoms with Gasteiger partial charge in [0, 0.05) is 34.6 Å². The highest BCUT2D eigenvalue weighted by atomic mass is 32.2. The zero-order valence-corrected chi connectivity index (χ0v) is 12.5. The molecule has 0 bridgehead atoms. The number of pyridine rings is 1. The number of nitrogens with zero attached hydrogens (tertiary/aromatic N) is 1. The molecule has 2 N–H and O–H groups in total. The van der Waals surface area contributed by atoms with Crippen LogP contribution in [-0.2, 0) is 6.54 Å². The van der Waals surface area contributed by atoms with Crippen LogP contribution < -0.4 is 11.3 Å². The van der Waals surface area contributed by atoms with Crippen molar-refractivity contribution >= 4 is 17.4 Å². The van der Waals surface area contributed by atoms with Crippen molar-refractivity contribution in [3.8, 4) is 0 Å². The van der Waals surface area contributed by atoms with Gasteiger partial charge in [0.25, 0.3) is 5.56 Å². The summed E-state index contributed by atoms with van der Waals surface area (Å²) >= 11 is 1.76. The second-order valence-corrected chi connectivity index (χ2v) is 6.10. The van der Waals surface area contributed by atoms with E-state index in [-0.39, 0.29) is 5.56 Å². The molecule has 2 aromatic rings. The molecule has 0 spiro atoms. The molecule has 1 unspecified atom stereocenters. The number of thioether (sulfide) groups is 1. The number of hydrogen-bond acceptors (Lipinski definition) is 3. The maximum absolute atomic E-state index is 11.8. The maximum atomic E-state index is 11.8. The minimum atomic E-state index is 0.0511. The van der Waals surface area contributed by atoms with Gasteiger partial charge in [-0.3, -0.25) is 4.79 Å². The lowest BCUT2D eigenvalue weighted by Crippen LogP contribution is -2.23. The summed E-state index contributed by atoms with van der Waals surface area (Å²) in [6.07, 6.45) is 3.99. The first-order valence-electron chi connectivity index (χ1n) is 6.87. The molecule has 0 saturated carbocycles. The molecule has 3 nitrogen and oxygen atoms in total. The fraction of sp³-hybridized carbons (Fsp3) is 0.312. The topological polar surface area (TPSA) is 48.0 Å². The Bertz CT molecular complexity index is 609. The predicted molar refractivity (Wildman–Crippen MR) is 86.1 cm³/mol. The van der Waals surface area contributed by atoms with Gasteiger partial charge in [-0.05, 0) is 24.6 Å². The van der Waals surface area contributed by atoms with Crippen LogP contribution in [0, 0.1) is 0 Å². The lowest BCUT2D eigenvalue weighted by molar-refractivity contribution is 0.602. The van der Waals surface area contributed by atoms with Gasteiger partial charge in [-0.25, -0.2) is 0 Å². The van der Waals surface area contributed by atoms with E-state index in [1.54, 1.807) is 28.5 Å². The van der Waals surface area contributed by atoms with Crippen LogP contribution in [0.3, 0.4) is 0 Å². The SMILES string of the molecule is CCCC(Cn1ccccc1=O)Sc1ccccc1N. The van der Waals surface area contributed by atoms with Crippen LogP contribution in [0.15, 0.2) is 58.4 Å². The number of nitrogens with two attached hydrogens (primary N) is 1. The first-order valence-corrected chi connectivity index (χ1v) is 7.75. The number of para-hydroxylation sites is 1. The van der Waals surface area contributed by atoms with Crippen LogP contribution in [-0.4, -0.2) is 9.82 Å². The Kier molecular flexibility index (Phi) is 5.30. The normalized spacial score (nSPS) is 12.2. The molecule has 0 saturated heterocycles. The molecule has 1 aromatic heterocycles. The Balaban J connectivity index is 2.14. The van der Waals surface area contributed by atoms with Crippen molar-refractivity contribution < 1.29 is 0 Å². The molecule has 1 atom stereocenters. The van der Waals surface area contributed by atoms with E-state index in [0.717, 1.165) is 23.4 Å². The number of benzene rings is 1. The van der Waals surface area contributed by atoms with Crippen LogP contribution in [0.2, 0.25) is 0 Å². The Labute approximate surface area is 123 Å². The Morgan fingerprint density at radius 1 is 1.20 bits per heavy atom. The summed E-state index contributed by atoms with van der Waals surface area (Å²) in [5.74, 6) is 0. The zero-order chi connectivity index (χ0) is 14.4. The molecule has 1 aromatic carbocycles. The lowest BCUT2D eigenvalue weighted by Gasteiger charge is -2.18. The molecule has 0 amide bonds. The molecule has 0 aliphatic rings. The van der Waals surface area contributed by atoms with Crippen molar-refractivity contribution in [2.45, 2.75) is 36.5 Å². The third kappa shape index (κ3) is 3.90. The fourth-order valence-electron chi connectivity index (χ4n) is 2.11. The number of rotatable bonds is 6. The summed E-state index contributed by atoms with van der Waals surface area (Å²) in [6.45, 7) is 2.88. The van der Waals surface area contributed by atoms with Gasteiger partial charge in [-0.15, -0.1) is 11.8 Å². The molecule has 106 valence electrons. The van der Waals surface area contributed by atoms with Crippen molar-refractivity contribution in [1.82, 2.24) is 4.57 Å². The van der Waals surface area contributed by atoms with E-state index in [1.807, 2.05) is 36.5 Å². The van der Waals surface area contributed by atoms with Crippen molar-refractivity contribution in [3.05, 3.63) is 59.0 Å². The third-order valence-corrected chi connectivity index (χ3v) is 4.47. The van der Waals surface area contributed by atoms with Crippen LogP contribution >= 0.6 is 11.8 Å². The predicted octanol–water partition coefficient (Wildman–Crippen LogP) is 3.39. The fourth-order valence-corrected chi connectivity index (χ4v) is 3.42. The molecule has 0 aliphatic heterocycles. The standard InChI is InChI=1S/C16H20N2OS/c1-2-7-13(12-18-11-6-5-10-16(18)19)20-15-9-4-3-8-14(15)17/h3-6,8-11,13H,2,7,12,17H2,1H3. The summed E-state index contributed by atoms with van der Waals surface area (Å²) in [7, 11) is 0. The monoisotopic (exact) mass is 288 g/mol. The molecular formula is C16H20N2OS. The van der Waals surface area contributed by atoms with Gasteiger partial charge in [0.2, 0.25) is 0 Å². The van der Waals surface area contributed by atoms with Crippen molar-refractivity contribution in [3.63, 3.8) is 0 Å². The van der Waals surface area contributed by atoms with Crippen LogP contribution in [0.4, 0.5) is 5.69 Å². The van der Waals surface area contributed by atoms with Gasteiger partial charge in [0.15, 0.2) is 0 Å². The lowest BCUT2D eigenvalue weighted by atomic mass is 10.2. The summed E-state index contributed by atoms with van der Waals surface area (Å²) in [5, 5.41) is 0.352. The van der Waals surface area contributed by atoms with Gasteiger partial charge >= 0.3 is 0 Å². The minimum absolute atomic E-state index is 0.0511. The first kappa shape index (κ1) is 14.7. The quantitative estimate of drug-likeness (QED) is 0.654. The number of nitrogen functional groups attached to an aromatic ring is 1. The van der Waals surface area contributed by atoms with Gasteiger partial charge in [0.1, 0.15) is 0 Å². The Morgan fingerprint density at radius 2 is 1.95 bits per heavy atom. The number of aromatic nitrogens is 1. The third-order valence-electron chi connectivity index (χ3n) is 3.12. The van der Waals surface area contributed by atoms with E-state index >= 15 is 0 Å². The summed E-state index contributed by atoms with van der Waals surface area (Å²) in [5.41, 5.74) is 6.85. The Morgan fingerprint density at radius 3 is 2.65 bits per heavy atom. The highest BCUT2D eigenvalue weighted by Crippen LogP contribution is 2.31. The largest absolute Gasteiger partial charge is 0.398 e. The van der Waals surface area contributed by atoms with Crippen molar-refractivity contribution in [1.29, 1.82) is 0 Å². The van der Waals surface area contributed by atoms with E-state index in [9.17, 15) is 4.79 Å². The van der Waals surface area contributed by atoms with E-state index < -0.39 is 0 Å². The summed E-state index contributed by atoms with van der Waals surface area (Å²) in [6, 6.07) is 13.2. The molecule has 0 fully saturated rings. The van der Waals surface area contributed by atoms with Crippen LogP contribution in [0.5, 0.6) is 0 Å². The number of hydrogen-bond donors (Lipinski definition) is 1. The maximum Gasteiger partial charge on any atom is 0.250 e. The van der Waals surface area contributed by atoms with Gasteiger partial charge in [-0.2, -0.15) is 0 Å². The molecule has 20 heavy (non-hydrogen) atoms. The zero-order valence-electron chi connectivity index (χ0n) is 11.7. The molecule has 1 heterocycles. The second-order valence-electron chi connectivity index (χ2n) is 4.76. The molecule has 0 aliphatic carbocycles. The average molecular weight is 288 g/mol. The van der Waals surface area contributed by atoms with E-state index in [4.69, 9.17) is 5.73 Å². The van der Waals surface area contributed by atoms with Crippen LogP contribution in [0.25, 0.3) is 0 Å². The summed E-state index contributed by atoms with van der Waals surface area (Å²) in [4.78, 5) is 12.9. The molecule has 4 heteroatoms. The smallest absolute Gasteiger partial charge is 0.250 e. The summed E-state index contributed by atoms with van der Waals surface area (Å²) < 4.78 is 1.77. The van der Waals surface area contributed by atoms with Gasteiger partial charge < -0.3 is 10.3 Å². The minimum Gasteiger partial charge on any atom is -0.398 e. The molecular weight excluding hydrogens is 268 g/mol. The Hall–Kier alpha value is -1.68. The van der Waals surface area contributed by atoms with E-state index in [2.05, 4.69) is 6.92 Å². The molecule has 2 rings (SSSR count). The molecule has 0 radical (unpaired) electrons. The highest BCUT2D eigenvalue weighted by molar-refractivity contribution is 8.00. The van der Waals surface area contributed by atoms with Gasteiger partial charge in [0.05, 0.1) is 0 Å². The van der Waals surface area contributed by atoms with Crippen LogP contribution in [0.1, 0.15) is 19.8 Å². The average Bonchev–Trinajstić information content (AvgIpc) is 2.44. The van der Waals surface area contributed by atoms with Crippen molar-refractivity contribution in [2.24, 2.45) is 0 Å². The first-order chi connectivity index (χ1) is 9.70. The van der Waals surface area contributed by atoms with Crippen molar-refractivity contribution in [2.75, 3.05) is 5.73 Å². The van der Waals surface area contributed by atoms with E-state index in [1.165, 1.54) is 0 Å². The number of anilines is 1. The highest BCUT2D eigenvalue weighted by Gasteiger charge is 2.12. The van der Waals surface area contributed by atoms with E-state index in [0.29, 0.717) is 11.8 Å².